The first-order valence-electron chi connectivity index (χ1n) is 9.70. The van der Waals surface area contributed by atoms with Crippen LogP contribution in [0.4, 0.5) is 0 Å². The number of nitrogens with zero attached hydrogens (tertiary/aromatic N) is 1. The van der Waals surface area contributed by atoms with Gasteiger partial charge in [0.05, 0.1) is 11.6 Å². The van der Waals surface area contributed by atoms with Crippen molar-refractivity contribution in [2.45, 2.75) is 51.9 Å². The molecule has 0 aromatic heterocycles. The fourth-order valence-corrected chi connectivity index (χ4v) is 2.82. The second-order valence-electron chi connectivity index (χ2n) is 6.65. The van der Waals surface area contributed by atoms with E-state index >= 15 is 0 Å². The molecule has 27 heavy (non-hydrogen) atoms. The van der Waals surface area contributed by atoms with Crippen LogP contribution in [0.2, 0.25) is 0 Å². The molecule has 0 aliphatic carbocycles. The molecule has 0 fully saturated rings. The number of aryl methyl sites for hydroxylation is 1. The van der Waals surface area contributed by atoms with Crippen LogP contribution in [-0.2, 0) is 11.2 Å². The summed E-state index contributed by atoms with van der Waals surface area (Å²) in [5.41, 5.74) is 2.84. The van der Waals surface area contributed by atoms with Gasteiger partial charge in [0.2, 0.25) is 0 Å². The lowest BCUT2D eigenvalue weighted by molar-refractivity contribution is -0.128. The smallest absolute Gasteiger partial charge is 0.336 e. The molecule has 2 aromatic carbocycles. The number of rotatable bonds is 10. The van der Waals surface area contributed by atoms with Crippen LogP contribution in [0, 0.1) is 11.3 Å². The van der Waals surface area contributed by atoms with E-state index in [1.54, 1.807) is 30.3 Å². The van der Waals surface area contributed by atoms with Crippen molar-refractivity contribution in [1.82, 2.24) is 0 Å². The van der Waals surface area contributed by atoms with Crippen molar-refractivity contribution in [2.24, 2.45) is 0 Å². The first-order chi connectivity index (χ1) is 13.2. The number of hydrogen-bond donors (Lipinski definition) is 0. The highest BCUT2D eigenvalue weighted by Crippen LogP contribution is 2.14. The molecule has 3 heteroatoms. The van der Waals surface area contributed by atoms with Crippen molar-refractivity contribution in [1.29, 1.82) is 5.26 Å². The van der Waals surface area contributed by atoms with Crippen LogP contribution in [0.25, 0.3) is 6.08 Å². The molecule has 0 aliphatic heterocycles. The Kier molecular flexibility index (Phi) is 8.86. The quantitative estimate of drug-likeness (QED) is 0.223. The molecule has 0 spiro atoms. The SMILES string of the molecule is CCCCCCCCc1ccc(C=CC(=O)Oc2ccc(C#N)cc2)cc1. The molecule has 2 aromatic rings. The Morgan fingerprint density at radius 1 is 0.963 bits per heavy atom. The van der Waals surface area contributed by atoms with Crippen molar-refractivity contribution >= 4 is 12.0 Å². The van der Waals surface area contributed by atoms with Crippen molar-refractivity contribution < 1.29 is 9.53 Å². The minimum Gasteiger partial charge on any atom is -0.423 e. The molecule has 0 saturated heterocycles. The Bertz CT molecular complexity index is 768. The number of esters is 1. The number of carbonyl (C=O) groups is 1. The van der Waals surface area contributed by atoms with Gasteiger partial charge in [0.15, 0.2) is 0 Å². The molecule has 0 heterocycles. The van der Waals surface area contributed by atoms with E-state index in [2.05, 4.69) is 19.1 Å². The van der Waals surface area contributed by atoms with E-state index in [4.69, 9.17) is 10.00 Å². The zero-order valence-electron chi connectivity index (χ0n) is 16.0. The van der Waals surface area contributed by atoms with E-state index < -0.39 is 5.97 Å². The van der Waals surface area contributed by atoms with Gasteiger partial charge in [0.1, 0.15) is 5.75 Å². The minimum absolute atomic E-state index is 0.429. The zero-order chi connectivity index (χ0) is 19.3. The molecule has 0 amide bonds. The Morgan fingerprint density at radius 3 is 2.30 bits per heavy atom. The summed E-state index contributed by atoms with van der Waals surface area (Å²) in [4.78, 5) is 11.9. The predicted octanol–water partition coefficient (Wildman–Crippen LogP) is 6.08. The maximum atomic E-state index is 11.9. The lowest BCUT2D eigenvalue weighted by Crippen LogP contribution is -2.03. The van der Waals surface area contributed by atoms with Crippen LogP contribution in [-0.4, -0.2) is 5.97 Å². The van der Waals surface area contributed by atoms with Crippen LogP contribution >= 0.6 is 0 Å². The second-order valence-corrected chi connectivity index (χ2v) is 6.65. The van der Waals surface area contributed by atoms with Gasteiger partial charge >= 0.3 is 5.97 Å². The largest absolute Gasteiger partial charge is 0.423 e. The van der Waals surface area contributed by atoms with E-state index in [1.165, 1.54) is 50.2 Å². The Labute approximate surface area is 162 Å². The normalized spacial score (nSPS) is 10.7. The molecule has 0 saturated carbocycles. The third-order valence-electron chi connectivity index (χ3n) is 4.41. The molecule has 0 radical (unpaired) electrons. The van der Waals surface area contributed by atoms with Crippen molar-refractivity contribution in [3.8, 4) is 11.8 Å². The molecule has 0 atom stereocenters. The minimum atomic E-state index is -0.434. The maximum absolute atomic E-state index is 11.9. The van der Waals surface area contributed by atoms with Crippen LogP contribution in [0.1, 0.15) is 62.1 Å². The zero-order valence-corrected chi connectivity index (χ0v) is 16.0. The average molecular weight is 361 g/mol. The lowest BCUT2D eigenvalue weighted by atomic mass is 10.0. The van der Waals surface area contributed by atoms with Crippen LogP contribution in [0.3, 0.4) is 0 Å². The van der Waals surface area contributed by atoms with Crippen LogP contribution < -0.4 is 4.74 Å². The number of ether oxygens (including phenoxy) is 1. The van der Waals surface area contributed by atoms with Gasteiger partial charge in [-0.15, -0.1) is 0 Å². The molecule has 3 nitrogen and oxygen atoms in total. The van der Waals surface area contributed by atoms with Gasteiger partial charge in [-0.3, -0.25) is 0 Å². The van der Waals surface area contributed by atoms with Crippen molar-refractivity contribution in [3.05, 3.63) is 71.3 Å². The monoisotopic (exact) mass is 361 g/mol. The van der Waals surface area contributed by atoms with E-state index in [-0.39, 0.29) is 0 Å². The first-order valence-corrected chi connectivity index (χ1v) is 9.70. The van der Waals surface area contributed by atoms with Gasteiger partial charge in [-0.2, -0.15) is 5.26 Å². The molecule has 0 bridgehead atoms. The Morgan fingerprint density at radius 2 is 1.63 bits per heavy atom. The maximum Gasteiger partial charge on any atom is 0.336 e. The van der Waals surface area contributed by atoms with Gasteiger partial charge in [-0.1, -0.05) is 63.3 Å². The number of benzene rings is 2. The molecule has 0 unspecified atom stereocenters. The molecular weight excluding hydrogens is 334 g/mol. The molecule has 0 aliphatic rings. The van der Waals surface area contributed by atoms with E-state index in [1.807, 2.05) is 18.2 Å². The highest BCUT2D eigenvalue weighted by molar-refractivity contribution is 5.88. The van der Waals surface area contributed by atoms with E-state index in [0.29, 0.717) is 11.3 Å². The molecule has 0 N–H and O–H groups in total. The summed E-state index contributed by atoms with van der Waals surface area (Å²) in [5, 5.41) is 8.76. The summed E-state index contributed by atoms with van der Waals surface area (Å²) in [6.07, 6.45) is 12.1. The predicted molar refractivity (Wildman–Crippen MR) is 109 cm³/mol. The molecule has 140 valence electrons. The van der Waals surface area contributed by atoms with Crippen LogP contribution in [0.5, 0.6) is 5.75 Å². The molecule has 2 rings (SSSR count). The van der Waals surface area contributed by atoms with Crippen molar-refractivity contribution in [3.63, 3.8) is 0 Å². The third-order valence-corrected chi connectivity index (χ3v) is 4.41. The number of carbonyl (C=O) groups excluding carboxylic acids is 1. The summed E-state index contributed by atoms with van der Waals surface area (Å²) in [6.45, 7) is 2.24. The fourth-order valence-electron chi connectivity index (χ4n) is 2.82. The van der Waals surface area contributed by atoms with Gasteiger partial charge in [0, 0.05) is 6.08 Å². The van der Waals surface area contributed by atoms with Gasteiger partial charge in [-0.25, -0.2) is 4.79 Å². The summed E-state index contributed by atoms with van der Waals surface area (Å²) in [6, 6.07) is 16.8. The van der Waals surface area contributed by atoms with Crippen LogP contribution in [0.15, 0.2) is 54.6 Å². The second kappa shape index (κ2) is 11.7. The average Bonchev–Trinajstić information content (AvgIpc) is 2.70. The number of nitriles is 1. The number of hydrogen-bond acceptors (Lipinski definition) is 3. The number of unbranched alkanes of at least 4 members (excludes halogenated alkanes) is 5. The lowest BCUT2D eigenvalue weighted by Gasteiger charge is -2.03. The Balaban J connectivity index is 1.75. The molecular formula is C24H27NO2. The highest BCUT2D eigenvalue weighted by Gasteiger charge is 2.01. The van der Waals surface area contributed by atoms with Gasteiger partial charge in [0.25, 0.3) is 0 Å². The summed E-state index contributed by atoms with van der Waals surface area (Å²) in [7, 11) is 0. The third kappa shape index (κ3) is 7.92. The first kappa shape index (κ1) is 20.5. The highest BCUT2D eigenvalue weighted by atomic mass is 16.5. The summed E-state index contributed by atoms with van der Waals surface area (Å²) >= 11 is 0. The fraction of sp³-hybridized carbons (Fsp3) is 0.333. The van der Waals surface area contributed by atoms with Gasteiger partial charge in [-0.05, 0) is 54.3 Å². The summed E-state index contributed by atoms with van der Waals surface area (Å²) < 4.78 is 5.22. The topological polar surface area (TPSA) is 50.1 Å². The van der Waals surface area contributed by atoms with Gasteiger partial charge < -0.3 is 4.74 Å². The van der Waals surface area contributed by atoms with E-state index in [9.17, 15) is 4.79 Å². The Hall–Kier alpha value is -2.86. The summed E-state index contributed by atoms with van der Waals surface area (Å²) in [5.74, 6) is -0.00574. The standard InChI is InChI=1S/C24H27NO2/c1-2-3-4-5-6-7-8-20-9-11-21(12-10-20)15-18-24(26)27-23-16-13-22(19-25)14-17-23/h9-18H,2-8H2,1H3. The van der Waals surface area contributed by atoms with E-state index in [0.717, 1.165) is 12.0 Å². The van der Waals surface area contributed by atoms with Crippen molar-refractivity contribution in [2.75, 3.05) is 0 Å².